The highest BCUT2D eigenvalue weighted by Crippen LogP contribution is 2.42. The molecular weight excluding hydrogens is 1820 g/mol. The van der Waals surface area contributed by atoms with E-state index in [2.05, 4.69) is 87.9 Å². The van der Waals surface area contributed by atoms with Crippen molar-refractivity contribution in [2.45, 2.75) is 35.5 Å². The van der Waals surface area contributed by atoms with E-state index in [9.17, 15) is 25.3 Å². The van der Waals surface area contributed by atoms with Crippen LogP contribution in [-0.4, -0.2) is 125 Å². The lowest BCUT2D eigenvalue weighted by Crippen LogP contribution is -2.29. The third-order valence-corrected chi connectivity index (χ3v) is 27.8. The second-order valence-corrected chi connectivity index (χ2v) is 36.8. The maximum absolute atomic E-state index is 13.6. The summed E-state index contributed by atoms with van der Waals surface area (Å²) in [4.78, 5) is 21.4. The summed E-state index contributed by atoms with van der Waals surface area (Å²) in [7, 11) is -7.61. The number of ether oxygens (including phenoxy) is 4. The predicted octanol–water partition coefficient (Wildman–Crippen LogP) is 18.5. The van der Waals surface area contributed by atoms with Gasteiger partial charge < -0.3 is 44.0 Å². The van der Waals surface area contributed by atoms with Crippen molar-refractivity contribution in [3.63, 3.8) is 0 Å². The van der Waals surface area contributed by atoms with Crippen LogP contribution in [0.25, 0.3) is 99.8 Å². The van der Waals surface area contributed by atoms with E-state index in [1.165, 1.54) is 46.8 Å². The number of pyridine rings is 4. The molecule has 7 aromatic carbocycles. The fourth-order valence-corrected chi connectivity index (χ4v) is 20.4. The van der Waals surface area contributed by atoms with Gasteiger partial charge in [0.2, 0.25) is 0 Å². The zero-order valence-electron chi connectivity index (χ0n) is 66.0. The van der Waals surface area contributed by atoms with Crippen LogP contribution in [0.1, 0.15) is 16.7 Å². The summed E-state index contributed by atoms with van der Waals surface area (Å²) in [5, 5.41) is 50.3. The zero-order chi connectivity index (χ0) is 86.6. The molecule has 33 heteroatoms. The lowest BCUT2D eigenvalue weighted by atomic mass is 9.80. The molecule has 0 fully saturated rings. The topological polar surface area (TPSA) is 302 Å². The number of methoxy groups -OCH3 is 4. The quantitative estimate of drug-likeness (QED) is 0.0418. The molecule has 0 amide bonds. The molecule has 0 radical (unpaired) electrons. The Balaban J connectivity index is 0.000000132. The largest absolute Gasteiger partial charge is 0.497 e. The van der Waals surface area contributed by atoms with Crippen LogP contribution in [-0.2, 0) is 30.1 Å². The summed E-state index contributed by atoms with van der Waals surface area (Å²) in [6.45, 7) is 5.74. The van der Waals surface area contributed by atoms with Gasteiger partial charge in [-0.3, -0.25) is 0 Å². The molecule has 11 heterocycles. The second-order valence-electron chi connectivity index (χ2n) is 27.0. The standard InChI is InChI=1S/C25H20N2O3S2.C21H17ClN2O3S.C18H14N2OS.C14H10ClIN2O2S.C7H9BO3.C4H5BO2S/c1-17-3-9-21(10-4-17)32(28,29)27-15-23(18-5-7-20(30-2)8-6-18)24-22(11-13-26-25(24)27)19-12-14-31-16-19;1-14-3-9-17(10-4-14)28(25,26)24-13-18(15-5-7-16(27-2)8-6-15)20-19(22)11-12-23-21(20)24;1-21-14-4-2-12(3-5-14)16-10-20-18-17(16)15(6-8-19-18)13-7-9-22-11-13;1-9-2-4-10(5-3-9)21(19,20)18-8-12(16)13-11(15)6-7-17-14(13)18;1-11-7-4-2-6(3-5-7)8(9)10;6-5(7)4-1-2-8-3-4/h3-16H,1-2H3;3-13H,1-2H3;2-11H,1H3,(H,19,20);2-8H,1H3;2-5,9-10H,1H3;1-3,6-7H. The summed E-state index contributed by atoms with van der Waals surface area (Å²) in [6, 6.07) is 63.1. The number of H-pyrrole nitrogens is 1. The molecule has 11 aromatic heterocycles. The van der Waals surface area contributed by atoms with Crippen LogP contribution in [0.3, 0.4) is 0 Å². The van der Waals surface area contributed by atoms with Crippen molar-refractivity contribution in [1.82, 2.24) is 36.8 Å². The fourth-order valence-electron chi connectivity index (χ4n) is 12.8. The van der Waals surface area contributed by atoms with Gasteiger partial charge in [0.1, 0.15) is 28.6 Å². The molecule has 0 aliphatic rings. The third-order valence-electron chi connectivity index (χ3n) is 19.2. The molecule has 18 rings (SSSR count). The third kappa shape index (κ3) is 19.8. The van der Waals surface area contributed by atoms with Crippen molar-refractivity contribution in [1.29, 1.82) is 0 Å². The molecule has 0 spiro atoms. The fraction of sp³-hybridized carbons (Fsp3) is 0.0787. The highest BCUT2D eigenvalue weighted by atomic mass is 127. The number of hydrogen-bond donors (Lipinski definition) is 5. The molecule has 0 saturated heterocycles. The van der Waals surface area contributed by atoms with Gasteiger partial charge in [-0.25, -0.2) is 57.1 Å². The SMILES string of the molecule is COc1ccc(-c2c[nH]c3nccc(-c4ccsc4)c23)cc1.COc1ccc(-c2cn(S(=O)(=O)c3ccc(C)cc3)c3nccc(-c4ccsc4)c23)cc1.COc1ccc(-c2cn(S(=O)(=O)c3ccc(C)cc3)c3nccc(Cl)c23)cc1.COc1ccc(B(O)O)cc1.Cc1ccc(S(=O)(=O)n2cc(I)c3c(Cl)ccnc32)cc1.OB(O)c1ccsc1. The second kappa shape index (κ2) is 39.3. The van der Waals surface area contributed by atoms with Crippen molar-refractivity contribution >= 4 is 179 Å². The van der Waals surface area contributed by atoms with E-state index < -0.39 is 44.3 Å². The van der Waals surface area contributed by atoms with Crippen LogP contribution in [0.15, 0.2) is 309 Å². The van der Waals surface area contributed by atoms with E-state index in [0.29, 0.717) is 65.7 Å². The molecule has 618 valence electrons. The number of thiophene rings is 3. The molecule has 0 aliphatic carbocycles. The van der Waals surface area contributed by atoms with Crippen LogP contribution in [0.4, 0.5) is 0 Å². The Morgan fingerprint density at radius 3 is 1.09 bits per heavy atom. The zero-order valence-corrected chi connectivity index (χ0v) is 74.6. The van der Waals surface area contributed by atoms with Gasteiger partial charge in [0, 0.05) is 86.0 Å². The van der Waals surface area contributed by atoms with Gasteiger partial charge in [-0.1, -0.05) is 131 Å². The molecule has 0 unspecified atom stereocenters. The maximum Gasteiger partial charge on any atom is 0.489 e. The average Bonchev–Trinajstić information content (AvgIpc) is 1.60. The number of aromatic nitrogens is 8. The number of nitrogens with one attached hydrogen (secondary N) is 1. The van der Waals surface area contributed by atoms with Crippen molar-refractivity contribution in [2.75, 3.05) is 28.4 Å². The van der Waals surface area contributed by atoms with E-state index in [0.717, 1.165) is 87.1 Å². The molecule has 0 atom stereocenters. The minimum absolute atomic E-state index is 0.193. The van der Waals surface area contributed by atoms with Crippen molar-refractivity contribution < 1.29 is 64.3 Å². The number of halogens is 3. The van der Waals surface area contributed by atoms with Crippen LogP contribution in [0, 0.1) is 24.3 Å². The molecule has 0 aliphatic heterocycles. The van der Waals surface area contributed by atoms with Gasteiger partial charge in [0.25, 0.3) is 30.1 Å². The Bertz CT molecular complexity index is 6980. The Kier molecular flexibility index (Phi) is 28.5. The lowest BCUT2D eigenvalue weighted by molar-refractivity contribution is 0.414. The Morgan fingerprint density at radius 2 is 0.705 bits per heavy atom. The van der Waals surface area contributed by atoms with Crippen molar-refractivity contribution in [2.24, 2.45) is 0 Å². The minimum atomic E-state index is -3.84. The number of rotatable bonds is 17. The molecule has 122 heavy (non-hydrogen) atoms. The smallest absolute Gasteiger partial charge is 0.489 e. The summed E-state index contributed by atoms with van der Waals surface area (Å²) in [6.07, 6.45) is 13.3. The predicted molar refractivity (Wildman–Crippen MR) is 499 cm³/mol. The van der Waals surface area contributed by atoms with E-state index in [-0.39, 0.29) is 14.7 Å². The molecule has 0 bridgehead atoms. The molecule has 5 N–H and O–H groups in total. The monoisotopic (exact) mass is 1890 g/mol. The van der Waals surface area contributed by atoms with Gasteiger partial charge in [-0.05, 0) is 247 Å². The van der Waals surface area contributed by atoms with Crippen molar-refractivity contribution in [3.8, 4) is 78.6 Å². The molecular formula is C89H75B2Cl2IN8O14S6. The lowest BCUT2D eigenvalue weighted by Gasteiger charge is -2.08. The number of benzene rings is 7. The van der Waals surface area contributed by atoms with Gasteiger partial charge in [0.05, 0.1) is 58.6 Å². The van der Waals surface area contributed by atoms with Crippen molar-refractivity contribution in [3.05, 3.63) is 324 Å². The molecule has 0 saturated carbocycles. The minimum Gasteiger partial charge on any atom is -0.497 e. The van der Waals surface area contributed by atoms with E-state index in [4.69, 9.17) is 62.2 Å². The summed E-state index contributed by atoms with van der Waals surface area (Å²) >= 11 is 19.4. The van der Waals surface area contributed by atoms with Crippen LogP contribution in [0.5, 0.6) is 23.0 Å². The summed E-state index contributed by atoms with van der Waals surface area (Å²) in [5.41, 5.74) is 15.9. The summed E-state index contributed by atoms with van der Waals surface area (Å²) < 4.78 is 104. The van der Waals surface area contributed by atoms with Crippen LogP contribution >= 0.6 is 79.8 Å². The normalized spacial score (nSPS) is 11.2. The Hall–Kier alpha value is -11.3. The van der Waals surface area contributed by atoms with E-state index in [1.807, 2.05) is 111 Å². The molecule has 22 nitrogen and oxygen atoms in total. The highest BCUT2D eigenvalue weighted by molar-refractivity contribution is 14.1. The van der Waals surface area contributed by atoms with E-state index >= 15 is 0 Å². The Labute approximate surface area is 740 Å². The highest BCUT2D eigenvalue weighted by Gasteiger charge is 2.28. The number of fused-ring (bicyclic) bond motifs is 4. The van der Waals surface area contributed by atoms with Gasteiger partial charge in [-0.2, -0.15) is 34.0 Å². The van der Waals surface area contributed by atoms with Gasteiger partial charge in [-0.15, -0.1) is 0 Å². The van der Waals surface area contributed by atoms with E-state index in [1.54, 1.807) is 202 Å². The van der Waals surface area contributed by atoms with Crippen LogP contribution in [0.2, 0.25) is 10.0 Å². The Morgan fingerprint density at radius 1 is 0.361 bits per heavy atom. The first-order chi connectivity index (χ1) is 58.7. The summed E-state index contributed by atoms with van der Waals surface area (Å²) in [5.74, 6) is 3.01. The first kappa shape index (κ1) is 88.5. The number of aryl methyl sites for hydroxylation is 3. The number of nitrogens with zero attached hydrogens (tertiary/aromatic N) is 7. The molecule has 18 aromatic rings. The van der Waals surface area contributed by atoms with Crippen LogP contribution < -0.4 is 29.9 Å². The maximum atomic E-state index is 13.6. The number of aromatic amines is 1. The first-order valence-corrected chi connectivity index (χ1v) is 46.0. The van der Waals surface area contributed by atoms with Gasteiger partial charge >= 0.3 is 14.2 Å². The number of hydrogen-bond acceptors (Lipinski definition) is 21. The first-order valence-electron chi connectivity index (χ1n) is 37.0. The average molecular weight is 1890 g/mol. The van der Waals surface area contributed by atoms with Gasteiger partial charge in [0.15, 0.2) is 16.9 Å².